The number of benzene rings is 1. The lowest BCUT2D eigenvalue weighted by Gasteiger charge is -2.02. The average Bonchev–Trinajstić information content (AvgIpc) is 2.19. The van der Waals surface area contributed by atoms with Gasteiger partial charge in [0.15, 0.2) is 0 Å². The van der Waals surface area contributed by atoms with Gasteiger partial charge in [-0.3, -0.25) is 9.59 Å². The van der Waals surface area contributed by atoms with Crippen LogP contribution in [0.15, 0.2) is 30.3 Å². The Bertz CT molecular complexity index is 321. The summed E-state index contributed by atoms with van der Waals surface area (Å²) in [4.78, 5) is 21.9. The van der Waals surface area contributed by atoms with E-state index >= 15 is 0 Å². The predicted octanol–water partition coefficient (Wildman–Crippen LogP) is 0.728. The molecule has 4 nitrogen and oxygen atoms in total. The molecule has 0 fully saturated rings. The maximum atomic E-state index is 11.1. The van der Waals surface area contributed by atoms with Gasteiger partial charge in [0.2, 0.25) is 5.91 Å². The van der Waals surface area contributed by atoms with Gasteiger partial charge in [0.25, 0.3) is 0 Å². The minimum absolute atomic E-state index is 0.259. The van der Waals surface area contributed by atoms with Gasteiger partial charge in [0, 0.05) is 7.05 Å². The maximum Gasteiger partial charge on any atom is 0.320 e. The van der Waals surface area contributed by atoms with Crippen molar-refractivity contribution in [2.24, 2.45) is 0 Å². The zero-order valence-electron chi connectivity index (χ0n) is 7.82. The van der Waals surface area contributed by atoms with Crippen molar-refractivity contribution in [3.05, 3.63) is 30.3 Å². The van der Waals surface area contributed by atoms with Gasteiger partial charge >= 0.3 is 5.97 Å². The van der Waals surface area contributed by atoms with Gasteiger partial charge in [0.1, 0.15) is 12.2 Å². The number of amides is 1. The molecule has 0 unspecified atom stereocenters. The number of ether oxygens (including phenoxy) is 1. The second-order valence-corrected chi connectivity index (χ2v) is 2.64. The van der Waals surface area contributed by atoms with Crippen LogP contribution in [-0.4, -0.2) is 18.9 Å². The van der Waals surface area contributed by atoms with Gasteiger partial charge in [-0.2, -0.15) is 0 Å². The van der Waals surface area contributed by atoms with E-state index < -0.39 is 5.97 Å². The van der Waals surface area contributed by atoms with Crippen molar-refractivity contribution in [2.45, 2.75) is 6.42 Å². The molecular formula is C10H11NO3. The predicted molar refractivity (Wildman–Crippen MR) is 50.8 cm³/mol. The molecule has 1 aromatic rings. The second-order valence-electron chi connectivity index (χ2n) is 2.64. The van der Waals surface area contributed by atoms with Crippen molar-refractivity contribution in [1.29, 1.82) is 0 Å². The molecule has 14 heavy (non-hydrogen) atoms. The van der Waals surface area contributed by atoms with Crippen LogP contribution in [0.4, 0.5) is 0 Å². The van der Waals surface area contributed by atoms with Crippen molar-refractivity contribution >= 4 is 11.9 Å². The molecule has 0 radical (unpaired) electrons. The van der Waals surface area contributed by atoms with E-state index in [0.717, 1.165) is 0 Å². The molecule has 0 atom stereocenters. The monoisotopic (exact) mass is 193 g/mol. The van der Waals surface area contributed by atoms with Crippen LogP contribution >= 0.6 is 0 Å². The molecule has 0 aliphatic carbocycles. The molecule has 4 heteroatoms. The molecule has 1 amide bonds. The van der Waals surface area contributed by atoms with Gasteiger partial charge in [-0.05, 0) is 12.1 Å². The molecule has 1 aromatic carbocycles. The largest absolute Gasteiger partial charge is 0.426 e. The lowest BCUT2D eigenvalue weighted by molar-refractivity contribution is -0.138. The molecule has 0 bridgehead atoms. The SMILES string of the molecule is CNC(=O)CC(=O)Oc1ccccc1. The minimum atomic E-state index is -0.560. The van der Waals surface area contributed by atoms with Crippen molar-refractivity contribution < 1.29 is 14.3 Å². The van der Waals surface area contributed by atoms with Crippen molar-refractivity contribution in [1.82, 2.24) is 5.32 Å². The summed E-state index contributed by atoms with van der Waals surface area (Å²) in [5, 5.41) is 2.34. The summed E-state index contributed by atoms with van der Waals surface area (Å²) in [6, 6.07) is 8.63. The Labute approximate surface area is 81.9 Å². The quantitative estimate of drug-likeness (QED) is 0.437. The van der Waals surface area contributed by atoms with Crippen LogP contribution in [0.3, 0.4) is 0 Å². The van der Waals surface area contributed by atoms with Gasteiger partial charge in [0.05, 0.1) is 0 Å². The maximum absolute atomic E-state index is 11.1. The van der Waals surface area contributed by atoms with Gasteiger partial charge < -0.3 is 10.1 Å². The third-order valence-electron chi connectivity index (χ3n) is 1.56. The number of hydrogen-bond acceptors (Lipinski definition) is 3. The highest BCUT2D eigenvalue weighted by Crippen LogP contribution is 2.08. The first-order chi connectivity index (χ1) is 6.72. The highest BCUT2D eigenvalue weighted by molar-refractivity contribution is 5.94. The molecule has 0 spiro atoms. The van der Waals surface area contributed by atoms with E-state index in [1.54, 1.807) is 24.3 Å². The summed E-state index contributed by atoms with van der Waals surface area (Å²) < 4.78 is 4.89. The zero-order chi connectivity index (χ0) is 10.4. The Kier molecular flexibility index (Phi) is 3.67. The summed E-state index contributed by atoms with van der Waals surface area (Å²) in [5.74, 6) is -0.470. The smallest absolute Gasteiger partial charge is 0.320 e. The number of carbonyl (C=O) groups excluding carboxylic acids is 2. The van der Waals surface area contributed by atoms with Crippen LogP contribution in [0.2, 0.25) is 0 Å². The molecule has 1 rings (SSSR count). The van der Waals surface area contributed by atoms with E-state index in [4.69, 9.17) is 4.74 Å². The van der Waals surface area contributed by atoms with Gasteiger partial charge in [-0.15, -0.1) is 0 Å². The second kappa shape index (κ2) is 5.01. The highest BCUT2D eigenvalue weighted by Gasteiger charge is 2.09. The van der Waals surface area contributed by atoms with Crippen LogP contribution in [0.5, 0.6) is 5.75 Å². The Morgan fingerprint density at radius 2 is 1.93 bits per heavy atom. The zero-order valence-corrected chi connectivity index (χ0v) is 7.82. The van der Waals surface area contributed by atoms with Crippen LogP contribution < -0.4 is 10.1 Å². The first-order valence-electron chi connectivity index (χ1n) is 4.18. The first kappa shape index (κ1) is 10.2. The molecule has 0 saturated heterocycles. The lowest BCUT2D eigenvalue weighted by Crippen LogP contribution is -2.23. The van der Waals surface area contributed by atoms with Crippen molar-refractivity contribution in [3.63, 3.8) is 0 Å². The summed E-state index contributed by atoms with van der Waals surface area (Å²) >= 11 is 0. The molecular weight excluding hydrogens is 182 g/mol. The summed E-state index contributed by atoms with van der Waals surface area (Å²) in [5.41, 5.74) is 0. The van der Waals surface area contributed by atoms with Crippen LogP contribution in [0.1, 0.15) is 6.42 Å². The third-order valence-corrected chi connectivity index (χ3v) is 1.56. The Balaban J connectivity index is 2.46. The molecule has 0 aromatic heterocycles. The number of carbonyl (C=O) groups is 2. The fourth-order valence-corrected chi connectivity index (χ4v) is 0.876. The van der Waals surface area contributed by atoms with E-state index in [0.29, 0.717) is 5.75 Å². The Morgan fingerprint density at radius 1 is 1.29 bits per heavy atom. The molecule has 0 aliphatic heterocycles. The average molecular weight is 193 g/mol. The minimum Gasteiger partial charge on any atom is -0.426 e. The first-order valence-corrected chi connectivity index (χ1v) is 4.18. The Hall–Kier alpha value is -1.84. The number of hydrogen-bond donors (Lipinski definition) is 1. The van der Waals surface area contributed by atoms with Crippen LogP contribution in [0.25, 0.3) is 0 Å². The van der Waals surface area contributed by atoms with E-state index in [1.807, 2.05) is 6.07 Å². The molecule has 1 N–H and O–H groups in total. The fraction of sp³-hybridized carbons (Fsp3) is 0.200. The molecule has 0 aliphatic rings. The number of esters is 1. The van der Waals surface area contributed by atoms with Crippen molar-refractivity contribution in [3.8, 4) is 5.75 Å². The van der Waals surface area contributed by atoms with Crippen molar-refractivity contribution in [2.75, 3.05) is 7.05 Å². The number of rotatable bonds is 3. The van der Waals surface area contributed by atoms with E-state index in [-0.39, 0.29) is 12.3 Å². The third kappa shape index (κ3) is 3.26. The summed E-state index contributed by atoms with van der Waals surface area (Å²) in [6.45, 7) is 0. The van der Waals surface area contributed by atoms with Gasteiger partial charge in [-0.1, -0.05) is 18.2 Å². The van der Waals surface area contributed by atoms with Crippen LogP contribution in [0, 0.1) is 0 Å². The molecule has 0 saturated carbocycles. The van der Waals surface area contributed by atoms with E-state index in [2.05, 4.69) is 5.32 Å². The van der Waals surface area contributed by atoms with Gasteiger partial charge in [-0.25, -0.2) is 0 Å². The number of para-hydroxylation sites is 1. The standard InChI is InChI=1S/C10H11NO3/c1-11-9(12)7-10(13)14-8-5-3-2-4-6-8/h2-6H,7H2,1H3,(H,11,12). The number of nitrogens with one attached hydrogen (secondary N) is 1. The summed E-state index contributed by atoms with van der Waals surface area (Å²) in [7, 11) is 1.47. The lowest BCUT2D eigenvalue weighted by atomic mass is 10.3. The molecule has 0 heterocycles. The topological polar surface area (TPSA) is 55.4 Å². The summed E-state index contributed by atoms with van der Waals surface area (Å²) in [6.07, 6.45) is -0.259. The van der Waals surface area contributed by atoms with Crippen LogP contribution in [-0.2, 0) is 9.59 Å². The fourth-order valence-electron chi connectivity index (χ4n) is 0.876. The van der Waals surface area contributed by atoms with E-state index in [1.165, 1.54) is 7.05 Å². The Morgan fingerprint density at radius 3 is 2.50 bits per heavy atom. The van der Waals surface area contributed by atoms with E-state index in [9.17, 15) is 9.59 Å². The highest BCUT2D eigenvalue weighted by atomic mass is 16.5. The molecule has 74 valence electrons. The normalized spacial score (nSPS) is 9.21.